The number of halogens is 5. The van der Waals surface area contributed by atoms with Crippen molar-refractivity contribution < 1.29 is 49.5 Å². The molecule has 2 N–H and O–H groups in total. The Hall–Kier alpha value is -2.45. The molecule has 2 aromatic carbocycles. The lowest BCUT2D eigenvalue weighted by Crippen LogP contribution is -2.40. The van der Waals surface area contributed by atoms with E-state index in [4.69, 9.17) is 4.74 Å². The van der Waals surface area contributed by atoms with E-state index >= 15 is 0 Å². The zero-order valence-electron chi connectivity index (χ0n) is 24.8. The van der Waals surface area contributed by atoms with E-state index in [1.807, 2.05) is 18.2 Å². The van der Waals surface area contributed by atoms with Crippen LogP contribution in [0.3, 0.4) is 0 Å². The van der Waals surface area contributed by atoms with Crippen LogP contribution in [-0.2, 0) is 26.2 Å². The molecule has 0 aliphatic carbocycles. The van der Waals surface area contributed by atoms with Gasteiger partial charge in [-0.3, -0.25) is 4.21 Å². The Kier molecular flexibility index (Phi) is 12.1. The first-order valence-electron chi connectivity index (χ1n) is 14.4. The molecule has 0 bridgehead atoms. The molecule has 1 aliphatic heterocycles. The number of sulfonamides is 1. The summed E-state index contributed by atoms with van der Waals surface area (Å²) in [5.74, 6) is -4.26. The maximum absolute atomic E-state index is 13.0. The lowest BCUT2D eigenvalue weighted by Gasteiger charge is -2.43. The topological polar surface area (TPSA) is 104 Å². The first-order chi connectivity index (χ1) is 20.4. The van der Waals surface area contributed by atoms with Gasteiger partial charge in [-0.1, -0.05) is 38.0 Å². The predicted molar refractivity (Wildman–Crippen MR) is 159 cm³/mol. The first-order valence-corrected chi connectivity index (χ1v) is 17.8. The number of benzene rings is 2. The third kappa shape index (κ3) is 9.53. The Morgan fingerprint density at radius 2 is 1.55 bits per heavy atom. The van der Waals surface area contributed by atoms with E-state index in [2.05, 4.69) is 6.92 Å². The summed E-state index contributed by atoms with van der Waals surface area (Å²) in [6, 6.07) is 12.1. The van der Waals surface area contributed by atoms with Crippen molar-refractivity contribution in [1.29, 1.82) is 0 Å². The molecule has 44 heavy (non-hydrogen) atoms. The van der Waals surface area contributed by atoms with Gasteiger partial charge in [0.15, 0.2) is 0 Å². The Labute approximate surface area is 257 Å². The minimum absolute atomic E-state index is 0.00182. The van der Waals surface area contributed by atoms with Crippen molar-refractivity contribution in [3.8, 4) is 17.2 Å². The zero-order chi connectivity index (χ0) is 32.8. The quantitative estimate of drug-likeness (QED) is 0.157. The fourth-order valence-corrected chi connectivity index (χ4v) is 7.61. The van der Waals surface area contributed by atoms with E-state index in [-0.39, 0.29) is 48.4 Å². The van der Waals surface area contributed by atoms with Crippen molar-refractivity contribution in [2.75, 3.05) is 37.5 Å². The summed E-state index contributed by atoms with van der Waals surface area (Å²) in [5, 5.41) is 19.7. The molecule has 14 heteroatoms. The second kappa shape index (κ2) is 14.8. The number of hydrogen-bond acceptors (Lipinski definition) is 6. The normalized spacial score (nSPS) is 19.9. The van der Waals surface area contributed by atoms with Crippen molar-refractivity contribution in [2.24, 2.45) is 0 Å². The highest BCUT2D eigenvalue weighted by Crippen LogP contribution is 2.49. The number of hydrogen-bond donors (Lipinski definition) is 2. The maximum Gasteiger partial charge on any atom is 0.453 e. The van der Waals surface area contributed by atoms with Gasteiger partial charge in [-0.2, -0.15) is 22.0 Å². The molecule has 1 aliphatic rings. The van der Waals surface area contributed by atoms with Crippen LogP contribution in [0.5, 0.6) is 17.2 Å². The molecule has 3 unspecified atom stereocenters. The molecule has 0 radical (unpaired) electrons. The minimum Gasteiger partial charge on any atom is -0.508 e. The van der Waals surface area contributed by atoms with Crippen LogP contribution in [0.15, 0.2) is 42.5 Å². The number of rotatable bonds is 16. The zero-order valence-corrected chi connectivity index (χ0v) is 26.4. The van der Waals surface area contributed by atoms with E-state index in [0.29, 0.717) is 25.2 Å². The van der Waals surface area contributed by atoms with Crippen LogP contribution in [-0.4, -0.2) is 76.7 Å². The molecule has 7 nitrogen and oxygen atoms in total. The number of ether oxygens (including phenoxy) is 1. The van der Waals surface area contributed by atoms with Crippen LogP contribution in [0, 0.1) is 0 Å². The molecule has 0 saturated carbocycles. The smallest absolute Gasteiger partial charge is 0.453 e. The van der Waals surface area contributed by atoms with Gasteiger partial charge in [0, 0.05) is 59.2 Å². The highest BCUT2D eigenvalue weighted by Gasteiger charge is 2.56. The van der Waals surface area contributed by atoms with Gasteiger partial charge < -0.3 is 14.9 Å². The van der Waals surface area contributed by atoms with Crippen molar-refractivity contribution in [3.63, 3.8) is 0 Å². The predicted octanol–water partition coefficient (Wildman–Crippen LogP) is 6.47. The molecule has 0 amide bonds. The monoisotopic (exact) mass is 669 g/mol. The van der Waals surface area contributed by atoms with E-state index < -0.39 is 51.2 Å². The van der Waals surface area contributed by atoms with E-state index in [1.165, 1.54) is 4.31 Å². The second-order valence-corrected chi connectivity index (χ2v) is 15.2. The summed E-state index contributed by atoms with van der Waals surface area (Å²) >= 11 is 0. The molecular weight excluding hydrogens is 629 g/mol. The Balaban J connectivity index is 1.52. The van der Waals surface area contributed by atoms with E-state index in [1.54, 1.807) is 24.3 Å². The fraction of sp³-hybridized carbons (Fsp3) is 0.600. The van der Waals surface area contributed by atoms with Gasteiger partial charge in [0.1, 0.15) is 17.2 Å². The summed E-state index contributed by atoms with van der Waals surface area (Å²) in [5.41, 5.74) is 1.53. The van der Waals surface area contributed by atoms with Crippen LogP contribution in [0.4, 0.5) is 22.0 Å². The second-order valence-electron chi connectivity index (χ2n) is 11.5. The highest BCUT2D eigenvalue weighted by atomic mass is 32.2. The molecule has 3 rings (SSSR count). The molecule has 2 aromatic rings. The molecule has 0 aromatic heterocycles. The summed E-state index contributed by atoms with van der Waals surface area (Å²) in [6.07, 6.45) is -3.59. The third-order valence-electron chi connectivity index (χ3n) is 8.12. The number of aromatic hydroxyl groups is 2. The summed E-state index contributed by atoms with van der Waals surface area (Å²) in [7, 11) is -5.22. The van der Waals surface area contributed by atoms with Gasteiger partial charge in [0.05, 0.1) is 12.9 Å². The van der Waals surface area contributed by atoms with Gasteiger partial charge in [-0.05, 0) is 55.0 Å². The SMILES string of the molecule is CC1(c2ccc(O)cc2)COc2cc(O)ccc2C1CCCCCN(CCCS(=O)CCCC(F)(F)C(F)(F)F)S(C)(=O)=O. The molecule has 0 spiro atoms. The number of alkyl halides is 5. The number of nitrogens with zero attached hydrogens (tertiary/aromatic N) is 1. The van der Waals surface area contributed by atoms with Gasteiger partial charge in [0.25, 0.3) is 0 Å². The molecule has 0 fully saturated rings. The molecular formula is C30H40F5NO6S2. The number of phenolic OH excluding ortho intramolecular Hbond substituents is 2. The Morgan fingerprint density at radius 3 is 2.18 bits per heavy atom. The summed E-state index contributed by atoms with van der Waals surface area (Å²) in [6.45, 7) is 2.76. The molecule has 248 valence electrons. The average molecular weight is 670 g/mol. The third-order valence-corrected chi connectivity index (χ3v) is 10.9. The van der Waals surface area contributed by atoms with Crippen LogP contribution < -0.4 is 4.74 Å². The first kappa shape index (κ1) is 36.0. The van der Waals surface area contributed by atoms with Crippen molar-refractivity contribution >= 4 is 20.8 Å². The highest BCUT2D eigenvalue weighted by molar-refractivity contribution is 7.88. The van der Waals surface area contributed by atoms with E-state index in [9.17, 15) is 44.8 Å². The van der Waals surface area contributed by atoms with Crippen LogP contribution >= 0.6 is 0 Å². The molecule has 1 heterocycles. The largest absolute Gasteiger partial charge is 0.508 e. The minimum atomic E-state index is -5.64. The molecule has 3 atom stereocenters. The number of phenols is 2. The van der Waals surface area contributed by atoms with Gasteiger partial charge >= 0.3 is 12.1 Å². The molecule has 0 saturated heterocycles. The Bertz CT molecular complexity index is 1370. The van der Waals surface area contributed by atoms with Crippen LogP contribution in [0.25, 0.3) is 0 Å². The van der Waals surface area contributed by atoms with Crippen molar-refractivity contribution in [3.05, 3.63) is 53.6 Å². The number of fused-ring (bicyclic) bond motifs is 1. The average Bonchev–Trinajstić information content (AvgIpc) is 2.92. The van der Waals surface area contributed by atoms with Crippen LogP contribution in [0.2, 0.25) is 0 Å². The lowest BCUT2D eigenvalue weighted by atomic mass is 9.66. The standard InChI is InChI=1S/C30H40F5NO6S2/c1-28(22-9-11-23(37)12-10-22)21-42-27-20-24(38)13-14-25(27)26(28)8-4-3-5-16-36(44(2,40)41)17-7-19-43(39)18-6-15-29(31,32)30(33,34)35/h9-14,20,26,37-38H,3-8,15-19,21H2,1-2H3. The van der Waals surface area contributed by atoms with E-state index in [0.717, 1.165) is 30.2 Å². The van der Waals surface area contributed by atoms with Gasteiger partial charge in [-0.15, -0.1) is 0 Å². The van der Waals surface area contributed by atoms with Crippen LogP contribution in [0.1, 0.15) is 68.9 Å². The van der Waals surface area contributed by atoms with Gasteiger partial charge in [-0.25, -0.2) is 12.7 Å². The van der Waals surface area contributed by atoms with Gasteiger partial charge in [0.2, 0.25) is 10.0 Å². The Morgan fingerprint density at radius 1 is 0.932 bits per heavy atom. The van der Waals surface area contributed by atoms with Crippen molar-refractivity contribution in [2.45, 2.75) is 75.3 Å². The lowest BCUT2D eigenvalue weighted by molar-refractivity contribution is -0.284. The summed E-state index contributed by atoms with van der Waals surface area (Å²) in [4.78, 5) is 0. The fourth-order valence-electron chi connectivity index (χ4n) is 5.57. The van der Waals surface area contributed by atoms with Crippen molar-refractivity contribution in [1.82, 2.24) is 4.31 Å². The summed E-state index contributed by atoms with van der Waals surface area (Å²) < 4.78 is 107. The number of unbranched alkanes of at least 4 members (excludes halogenated alkanes) is 2. The maximum atomic E-state index is 13.0.